The standard InChI is InChI=1S/C15H21N3O/c1-12-5-3-6-13(9-12)11-18-15(19-2)14(10-17-18)7-4-8-16/h3,5-6,9-10H,4,7-8,11,16H2,1-2H3. The van der Waals surface area contributed by atoms with Gasteiger partial charge in [0.2, 0.25) is 5.88 Å². The summed E-state index contributed by atoms with van der Waals surface area (Å²) < 4.78 is 7.38. The molecule has 2 N–H and O–H groups in total. The van der Waals surface area contributed by atoms with E-state index in [1.165, 1.54) is 11.1 Å². The molecule has 19 heavy (non-hydrogen) atoms. The highest BCUT2D eigenvalue weighted by Crippen LogP contribution is 2.20. The van der Waals surface area contributed by atoms with Crippen LogP contribution in [-0.2, 0) is 13.0 Å². The van der Waals surface area contributed by atoms with E-state index in [0.717, 1.165) is 30.8 Å². The number of methoxy groups -OCH3 is 1. The van der Waals surface area contributed by atoms with Gasteiger partial charge in [-0.1, -0.05) is 29.8 Å². The van der Waals surface area contributed by atoms with E-state index in [1.807, 2.05) is 10.9 Å². The van der Waals surface area contributed by atoms with Crippen LogP contribution in [0.4, 0.5) is 0 Å². The molecule has 2 aromatic rings. The smallest absolute Gasteiger partial charge is 0.215 e. The van der Waals surface area contributed by atoms with Gasteiger partial charge < -0.3 is 10.5 Å². The summed E-state index contributed by atoms with van der Waals surface area (Å²) in [6, 6.07) is 8.43. The Morgan fingerprint density at radius 3 is 2.89 bits per heavy atom. The molecule has 0 atom stereocenters. The summed E-state index contributed by atoms with van der Waals surface area (Å²) in [4.78, 5) is 0. The van der Waals surface area contributed by atoms with E-state index in [4.69, 9.17) is 10.5 Å². The third-order valence-electron chi connectivity index (χ3n) is 3.12. The topological polar surface area (TPSA) is 53.1 Å². The molecule has 0 spiro atoms. The molecule has 1 aromatic carbocycles. The molecule has 1 heterocycles. The molecular formula is C15H21N3O. The van der Waals surface area contributed by atoms with Crippen LogP contribution < -0.4 is 10.5 Å². The summed E-state index contributed by atoms with van der Waals surface area (Å²) >= 11 is 0. The lowest BCUT2D eigenvalue weighted by atomic mass is 10.1. The van der Waals surface area contributed by atoms with Crippen molar-refractivity contribution in [1.29, 1.82) is 0 Å². The average Bonchev–Trinajstić information content (AvgIpc) is 2.78. The predicted molar refractivity (Wildman–Crippen MR) is 76.4 cm³/mol. The van der Waals surface area contributed by atoms with E-state index in [-0.39, 0.29) is 0 Å². The van der Waals surface area contributed by atoms with E-state index < -0.39 is 0 Å². The number of benzene rings is 1. The van der Waals surface area contributed by atoms with Gasteiger partial charge in [-0.25, -0.2) is 4.68 Å². The van der Waals surface area contributed by atoms with Crippen LogP contribution in [0.5, 0.6) is 5.88 Å². The lowest BCUT2D eigenvalue weighted by Gasteiger charge is -2.08. The predicted octanol–water partition coefficient (Wildman–Crippen LogP) is 2.14. The fourth-order valence-electron chi connectivity index (χ4n) is 2.21. The Morgan fingerprint density at radius 2 is 2.21 bits per heavy atom. The van der Waals surface area contributed by atoms with Crippen LogP contribution >= 0.6 is 0 Å². The van der Waals surface area contributed by atoms with Crippen molar-refractivity contribution in [1.82, 2.24) is 9.78 Å². The zero-order valence-corrected chi connectivity index (χ0v) is 11.6. The Morgan fingerprint density at radius 1 is 1.37 bits per heavy atom. The molecule has 2 rings (SSSR count). The van der Waals surface area contributed by atoms with Crippen molar-refractivity contribution >= 4 is 0 Å². The molecular weight excluding hydrogens is 238 g/mol. The number of hydrogen-bond donors (Lipinski definition) is 1. The number of ether oxygens (including phenoxy) is 1. The summed E-state index contributed by atoms with van der Waals surface area (Å²) in [5.41, 5.74) is 9.16. The van der Waals surface area contributed by atoms with Crippen LogP contribution in [0.25, 0.3) is 0 Å². The average molecular weight is 259 g/mol. The first-order chi connectivity index (χ1) is 9.24. The second-order valence-electron chi connectivity index (χ2n) is 4.72. The van der Waals surface area contributed by atoms with Crippen molar-refractivity contribution < 1.29 is 4.74 Å². The molecule has 4 nitrogen and oxygen atoms in total. The highest BCUT2D eigenvalue weighted by molar-refractivity contribution is 5.27. The van der Waals surface area contributed by atoms with E-state index in [2.05, 4.69) is 36.3 Å². The van der Waals surface area contributed by atoms with Gasteiger partial charge in [0.05, 0.1) is 19.9 Å². The van der Waals surface area contributed by atoms with Gasteiger partial charge >= 0.3 is 0 Å². The van der Waals surface area contributed by atoms with Crippen molar-refractivity contribution in [3.05, 3.63) is 47.2 Å². The lowest BCUT2D eigenvalue weighted by Crippen LogP contribution is -2.05. The zero-order valence-electron chi connectivity index (χ0n) is 11.6. The van der Waals surface area contributed by atoms with Crippen LogP contribution in [-0.4, -0.2) is 23.4 Å². The molecule has 0 amide bonds. The Balaban J connectivity index is 2.18. The second-order valence-corrected chi connectivity index (χ2v) is 4.72. The van der Waals surface area contributed by atoms with Crippen LogP contribution in [0.15, 0.2) is 30.5 Å². The molecule has 1 aromatic heterocycles. The molecule has 0 saturated carbocycles. The molecule has 0 radical (unpaired) electrons. The van der Waals surface area contributed by atoms with E-state index >= 15 is 0 Å². The Bertz CT molecular complexity index is 534. The second kappa shape index (κ2) is 6.38. The highest BCUT2D eigenvalue weighted by atomic mass is 16.5. The fourth-order valence-corrected chi connectivity index (χ4v) is 2.21. The quantitative estimate of drug-likeness (QED) is 0.864. The molecule has 4 heteroatoms. The molecule has 102 valence electrons. The maximum Gasteiger partial charge on any atom is 0.215 e. The molecule has 0 aliphatic rings. The summed E-state index contributed by atoms with van der Waals surface area (Å²) in [5, 5.41) is 4.42. The van der Waals surface area contributed by atoms with Crippen LogP contribution in [0.3, 0.4) is 0 Å². The van der Waals surface area contributed by atoms with Crippen molar-refractivity contribution in [2.45, 2.75) is 26.3 Å². The first-order valence-corrected chi connectivity index (χ1v) is 6.59. The molecule has 0 saturated heterocycles. The van der Waals surface area contributed by atoms with Gasteiger partial charge in [0.25, 0.3) is 0 Å². The number of aromatic nitrogens is 2. The first-order valence-electron chi connectivity index (χ1n) is 6.59. The lowest BCUT2D eigenvalue weighted by molar-refractivity contribution is 0.362. The zero-order chi connectivity index (χ0) is 13.7. The van der Waals surface area contributed by atoms with Crippen LogP contribution in [0.1, 0.15) is 23.1 Å². The third-order valence-corrected chi connectivity index (χ3v) is 3.12. The minimum atomic E-state index is 0.687. The number of hydrogen-bond acceptors (Lipinski definition) is 3. The van der Waals surface area contributed by atoms with Crippen molar-refractivity contribution in [2.24, 2.45) is 5.73 Å². The Labute approximate surface area is 114 Å². The van der Waals surface area contributed by atoms with Gasteiger partial charge in [-0.15, -0.1) is 0 Å². The fraction of sp³-hybridized carbons (Fsp3) is 0.400. The van der Waals surface area contributed by atoms with Gasteiger partial charge in [-0.05, 0) is 31.9 Å². The molecule has 0 bridgehead atoms. The minimum absolute atomic E-state index is 0.687. The summed E-state index contributed by atoms with van der Waals surface area (Å²) in [5.74, 6) is 0.843. The minimum Gasteiger partial charge on any atom is -0.481 e. The normalized spacial score (nSPS) is 10.7. The van der Waals surface area contributed by atoms with Crippen LogP contribution in [0.2, 0.25) is 0 Å². The van der Waals surface area contributed by atoms with Gasteiger partial charge in [-0.3, -0.25) is 0 Å². The third kappa shape index (κ3) is 3.35. The number of aryl methyl sites for hydroxylation is 2. The van der Waals surface area contributed by atoms with Gasteiger partial charge in [0, 0.05) is 5.56 Å². The number of nitrogens with zero attached hydrogens (tertiary/aromatic N) is 2. The largest absolute Gasteiger partial charge is 0.481 e. The SMILES string of the molecule is COc1c(CCCN)cnn1Cc1cccc(C)c1. The van der Waals surface area contributed by atoms with Gasteiger partial charge in [-0.2, -0.15) is 5.10 Å². The summed E-state index contributed by atoms with van der Waals surface area (Å²) in [6.07, 6.45) is 3.74. The summed E-state index contributed by atoms with van der Waals surface area (Å²) in [6.45, 7) is 3.51. The molecule has 0 unspecified atom stereocenters. The molecule has 0 aliphatic heterocycles. The van der Waals surface area contributed by atoms with E-state index in [1.54, 1.807) is 7.11 Å². The molecule has 0 fully saturated rings. The first kappa shape index (κ1) is 13.6. The maximum absolute atomic E-state index is 5.55. The van der Waals surface area contributed by atoms with Gasteiger partial charge in [0.15, 0.2) is 0 Å². The Hall–Kier alpha value is -1.81. The van der Waals surface area contributed by atoms with E-state index in [0.29, 0.717) is 6.54 Å². The molecule has 0 aliphatic carbocycles. The van der Waals surface area contributed by atoms with Crippen molar-refractivity contribution in [3.8, 4) is 5.88 Å². The monoisotopic (exact) mass is 259 g/mol. The highest BCUT2D eigenvalue weighted by Gasteiger charge is 2.11. The van der Waals surface area contributed by atoms with Crippen LogP contribution in [0, 0.1) is 6.92 Å². The van der Waals surface area contributed by atoms with Crippen molar-refractivity contribution in [3.63, 3.8) is 0 Å². The maximum atomic E-state index is 5.55. The number of nitrogens with two attached hydrogens (primary N) is 1. The van der Waals surface area contributed by atoms with Gasteiger partial charge in [0.1, 0.15) is 0 Å². The van der Waals surface area contributed by atoms with E-state index in [9.17, 15) is 0 Å². The summed E-state index contributed by atoms with van der Waals surface area (Å²) in [7, 11) is 1.69. The number of rotatable bonds is 6. The Kier molecular flexibility index (Phi) is 4.58. The van der Waals surface area contributed by atoms with Crippen molar-refractivity contribution in [2.75, 3.05) is 13.7 Å².